The molecule has 2 rings (SSSR count). The molecule has 0 spiro atoms. The Labute approximate surface area is 105 Å². The summed E-state index contributed by atoms with van der Waals surface area (Å²) in [6.45, 7) is 0. The van der Waals surface area contributed by atoms with Crippen molar-refractivity contribution in [2.75, 3.05) is 11.9 Å². The highest BCUT2D eigenvalue weighted by atomic mass is 35.7. The molecule has 17 heavy (non-hydrogen) atoms. The minimum absolute atomic E-state index is 0.0448. The molecule has 4 nitrogen and oxygen atoms in total. The van der Waals surface area contributed by atoms with Crippen molar-refractivity contribution in [2.45, 2.75) is 18.6 Å². The van der Waals surface area contributed by atoms with E-state index < -0.39 is 9.05 Å². The van der Waals surface area contributed by atoms with Gasteiger partial charge in [-0.3, -0.25) is 4.79 Å². The molecule has 0 bridgehead atoms. The zero-order valence-corrected chi connectivity index (χ0v) is 10.9. The number of carbonyl (C=O) groups is 1. The fourth-order valence-electron chi connectivity index (χ4n) is 1.97. The Balaban J connectivity index is 2.39. The van der Waals surface area contributed by atoms with Crippen LogP contribution in [0.5, 0.6) is 0 Å². The van der Waals surface area contributed by atoms with Crippen LogP contribution in [0.1, 0.15) is 17.5 Å². The smallest absolute Gasteiger partial charge is 0.236 e. The normalized spacial score (nSPS) is 15.9. The van der Waals surface area contributed by atoms with Crippen molar-refractivity contribution in [3.63, 3.8) is 0 Å². The number of benzene rings is 1. The molecule has 1 heterocycles. The monoisotopic (exact) mass is 273 g/mol. The Kier molecular flexibility index (Phi) is 3.14. The number of aryl methyl sites for hydroxylation is 1. The highest BCUT2D eigenvalue weighted by molar-refractivity contribution is 8.13. The number of fused-ring (bicyclic) bond motifs is 1. The lowest BCUT2D eigenvalue weighted by Crippen LogP contribution is -2.31. The van der Waals surface area contributed by atoms with E-state index >= 15 is 0 Å². The molecule has 1 aliphatic heterocycles. The second-order valence-electron chi connectivity index (χ2n) is 4.10. The van der Waals surface area contributed by atoms with E-state index in [1.54, 1.807) is 24.1 Å². The summed E-state index contributed by atoms with van der Waals surface area (Å²) in [5.74, 6) is -0.174. The van der Waals surface area contributed by atoms with Gasteiger partial charge in [0.1, 0.15) is 0 Å². The number of carbonyl (C=O) groups excluding carboxylic acids is 1. The predicted molar refractivity (Wildman–Crippen MR) is 66.6 cm³/mol. The zero-order valence-electron chi connectivity index (χ0n) is 9.31. The fraction of sp³-hybridized carbons (Fsp3) is 0.364. The highest BCUT2D eigenvalue weighted by Gasteiger charge is 2.21. The Hall–Kier alpha value is -1.07. The third-order valence-corrected chi connectivity index (χ3v) is 3.84. The maximum Gasteiger partial charge on any atom is 0.236 e. The first kappa shape index (κ1) is 12.4. The Morgan fingerprint density at radius 3 is 2.71 bits per heavy atom. The van der Waals surface area contributed by atoms with E-state index in [-0.39, 0.29) is 11.7 Å². The molecule has 1 aliphatic rings. The van der Waals surface area contributed by atoms with Crippen LogP contribution in [0.4, 0.5) is 5.69 Å². The summed E-state index contributed by atoms with van der Waals surface area (Å²) in [6, 6.07) is 5.31. The van der Waals surface area contributed by atoms with Crippen LogP contribution >= 0.6 is 10.7 Å². The lowest BCUT2D eigenvalue weighted by molar-refractivity contribution is -0.118. The Bertz CT molecular complexity index is 568. The van der Waals surface area contributed by atoms with Gasteiger partial charge in [-0.05, 0) is 23.6 Å². The third-order valence-electron chi connectivity index (χ3n) is 2.83. The molecule has 1 aromatic carbocycles. The summed E-state index contributed by atoms with van der Waals surface area (Å²) in [7, 11) is 3.34. The number of anilines is 1. The number of hydrogen-bond donors (Lipinski definition) is 0. The third kappa shape index (κ3) is 2.79. The summed E-state index contributed by atoms with van der Waals surface area (Å²) in [6.07, 6.45) is 1.20. The molecule has 0 aliphatic carbocycles. The van der Waals surface area contributed by atoms with Gasteiger partial charge in [0.05, 0.1) is 5.75 Å². The molecule has 0 unspecified atom stereocenters. The second kappa shape index (κ2) is 4.31. The molecule has 0 saturated carbocycles. The van der Waals surface area contributed by atoms with E-state index in [2.05, 4.69) is 0 Å². The maximum atomic E-state index is 11.5. The van der Waals surface area contributed by atoms with Crippen molar-refractivity contribution in [3.8, 4) is 0 Å². The minimum atomic E-state index is -3.57. The minimum Gasteiger partial charge on any atom is -0.315 e. The van der Waals surface area contributed by atoms with Crippen molar-refractivity contribution in [1.82, 2.24) is 0 Å². The van der Waals surface area contributed by atoms with Crippen LogP contribution in [0.3, 0.4) is 0 Å². The number of hydrogen-bond acceptors (Lipinski definition) is 3. The summed E-state index contributed by atoms with van der Waals surface area (Å²) < 4.78 is 22.0. The quantitative estimate of drug-likeness (QED) is 0.770. The van der Waals surface area contributed by atoms with E-state index in [0.29, 0.717) is 18.4 Å². The lowest BCUT2D eigenvalue weighted by atomic mass is 10.00. The van der Waals surface area contributed by atoms with Gasteiger partial charge in [0.2, 0.25) is 15.0 Å². The van der Waals surface area contributed by atoms with E-state index in [4.69, 9.17) is 10.7 Å². The first-order valence-corrected chi connectivity index (χ1v) is 7.65. The van der Waals surface area contributed by atoms with Crippen molar-refractivity contribution < 1.29 is 13.2 Å². The molecule has 92 valence electrons. The van der Waals surface area contributed by atoms with E-state index in [1.807, 2.05) is 6.07 Å². The second-order valence-corrected chi connectivity index (χ2v) is 6.88. The van der Waals surface area contributed by atoms with Crippen LogP contribution in [0.2, 0.25) is 0 Å². The Morgan fingerprint density at radius 1 is 1.35 bits per heavy atom. The number of nitrogens with zero attached hydrogens (tertiary/aromatic N) is 1. The lowest BCUT2D eigenvalue weighted by Gasteiger charge is -2.26. The summed E-state index contributed by atoms with van der Waals surface area (Å²) >= 11 is 0. The van der Waals surface area contributed by atoms with Gasteiger partial charge in [0.15, 0.2) is 0 Å². The standard InChI is InChI=1S/C11H12ClNO3S/c1-13-10-6-8(7-17(12,15)16)2-3-9(10)4-5-11(13)14/h2-3,6H,4-5,7H2,1H3. The number of halogens is 1. The van der Waals surface area contributed by atoms with Crippen LogP contribution < -0.4 is 4.90 Å². The van der Waals surface area contributed by atoms with Crippen LogP contribution in [0, 0.1) is 0 Å². The van der Waals surface area contributed by atoms with Crippen LogP contribution in [0.15, 0.2) is 18.2 Å². The average molecular weight is 274 g/mol. The Morgan fingerprint density at radius 2 is 2.06 bits per heavy atom. The van der Waals surface area contributed by atoms with Gasteiger partial charge < -0.3 is 4.90 Å². The summed E-state index contributed by atoms with van der Waals surface area (Å²) in [4.78, 5) is 13.1. The van der Waals surface area contributed by atoms with Crippen LogP contribution in [0.25, 0.3) is 0 Å². The molecule has 0 fully saturated rings. The molecular weight excluding hydrogens is 262 g/mol. The van der Waals surface area contributed by atoms with Crippen molar-refractivity contribution in [2.24, 2.45) is 0 Å². The molecule has 1 aromatic rings. The molecule has 1 amide bonds. The molecular formula is C11H12ClNO3S. The van der Waals surface area contributed by atoms with Crippen molar-refractivity contribution in [3.05, 3.63) is 29.3 Å². The SMILES string of the molecule is CN1C(=O)CCc2ccc(CS(=O)(=O)Cl)cc21. The topological polar surface area (TPSA) is 54.5 Å². The molecule has 0 aromatic heterocycles. The zero-order chi connectivity index (χ0) is 12.6. The van der Waals surface area contributed by atoms with Gasteiger partial charge in [-0.25, -0.2) is 8.42 Å². The van der Waals surface area contributed by atoms with Gasteiger partial charge in [0.25, 0.3) is 0 Å². The van der Waals surface area contributed by atoms with Crippen LogP contribution in [-0.4, -0.2) is 21.4 Å². The molecule has 0 saturated heterocycles. The van der Waals surface area contributed by atoms with Gasteiger partial charge in [-0.15, -0.1) is 0 Å². The van der Waals surface area contributed by atoms with Gasteiger partial charge in [-0.1, -0.05) is 12.1 Å². The van der Waals surface area contributed by atoms with Crippen LogP contribution in [-0.2, 0) is 26.0 Å². The molecule has 0 radical (unpaired) electrons. The van der Waals surface area contributed by atoms with E-state index in [1.165, 1.54) is 0 Å². The first-order valence-electron chi connectivity index (χ1n) is 5.17. The van der Waals surface area contributed by atoms with E-state index in [9.17, 15) is 13.2 Å². The van der Waals surface area contributed by atoms with Crippen molar-refractivity contribution >= 4 is 31.3 Å². The number of rotatable bonds is 2. The molecule has 0 N–H and O–H groups in total. The first-order chi connectivity index (χ1) is 7.87. The van der Waals surface area contributed by atoms with Gasteiger partial charge in [-0.2, -0.15) is 0 Å². The summed E-state index contributed by atoms with van der Waals surface area (Å²) in [5.41, 5.74) is 2.43. The molecule has 6 heteroatoms. The highest BCUT2D eigenvalue weighted by Crippen LogP contribution is 2.28. The van der Waals surface area contributed by atoms with Gasteiger partial charge in [0, 0.05) is 29.8 Å². The van der Waals surface area contributed by atoms with Crippen molar-refractivity contribution in [1.29, 1.82) is 0 Å². The van der Waals surface area contributed by atoms with E-state index in [0.717, 1.165) is 11.3 Å². The average Bonchev–Trinajstić information content (AvgIpc) is 2.22. The largest absolute Gasteiger partial charge is 0.315 e. The van der Waals surface area contributed by atoms with Gasteiger partial charge >= 0.3 is 0 Å². The molecule has 0 atom stereocenters. The number of amides is 1. The summed E-state index contributed by atoms with van der Waals surface area (Å²) in [5, 5.41) is 0. The fourth-order valence-corrected chi connectivity index (χ4v) is 2.92. The predicted octanol–water partition coefficient (Wildman–Crippen LogP) is 1.66. The maximum absolute atomic E-state index is 11.5.